The number of hydrogen-bond acceptors (Lipinski definition) is 4. The van der Waals surface area contributed by atoms with Gasteiger partial charge in [0, 0.05) is 30.2 Å². The highest BCUT2D eigenvalue weighted by atomic mass is 16.5. The quantitative estimate of drug-likeness (QED) is 0.515. The Balaban J connectivity index is 1.46. The molecule has 168 valence electrons. The molecule has 3 N–H and O–H groups in total. The predicted molar refractivity (Wildman–Crippen MR) is 129 cm³/mol. The van der Waals surface area contributed by atoms with E-state index < -0.39 is 5.91 Å². The number of nitrogens with two attached hydrogens (primary N) is 1. The Morgan fingerprint density at radius 1 is 1.03 bits per heavy atom. The molecule has 0 saturated heterocycles. The Kier molecular flexibility index (Phi) is 6.47. The summed E-state index contributed by atoms with van der Waals surface area (Å²) in [6.45, 7) is 7.94. The van der Waals surface area contributed by atoms with E-state index in [1.54, 1.807) is 12.1 Å². The maximum atomic E-state index is 11.3. The highest BCUT2D eigenvalue weighted by molar-refractivity contribution is 5.92. The van der Waals surface area contributed by atoms with Gasteiger partial charge in [-0.05, 0) is 60.1 Å². The van der Waals surface area contributed by atoms with Crippen molar-refractivity contribution < 1.29 is 9.53 Å². The van der Waals surface area contributed by atoms with Crippen LogP contribution in [0.25, 0.3) is 10.8 Å². The van der Waals surface area contributed by atoms with Gasteiger partial charge in [0.1, 0.15) is 5.75 Å². The summed E-state index contributed by atoms with van der Waals surface area (Å²) in [5.41, 5.74) is 7.33. The average Bonchev–Trinajstić information content (AvgIpc) is 2.78. The Morgan fingerprint density at radius 3 is 2.38 bits per heavy atom. The Morgan fingerprint density at radius 2 is 1.75 bits per heavy atom. The molecule has 32 heavy (non-hydrogen) atoms. The van der Waals surface area contributed by atoms with Crippen molar-refractivity contribution in [1.82, 2.24) is 10.3 Å². The van der Waals surface area contributed by atoms with Gasteiger partial charge in [-0.3, -0.25) is 4.79 Å². The second-order valence-electron chi connectivity index (χ2n) is 9.92. The summed E-state index contributed by atoms with van der Waals surface area (Å²) in [5, 5.41) is 6.01. The molecule has 2 aromatic carbocycles. The number of nitrogens with zero attached hydrogens (tertiary/aromatic N) is 1. The van der Waals surface area contributed by atoms with Gasteiger partial charge >= 0.3 is 0 Å². The molecule has 1 aromatic heterocycles. The van der Waals surface area contributed by atoms with Crippen LogP contribution in [0.1, 0.15) is 62.4 Å². The van der Waals surface area contributed by atoms with Crippen molar-refractivity contribution in [2.45, 2.75) is 59.0 Å². The number of pyridine rings is 1. The van der Waals surface area contributed by atoms with Gasteiger partial charge in [0.05, 0.1) is 5.56 Å². The Labute approximate surface area is 190 Å². The molecular weight excluding hydrogens is 398 g/mol. The normalized spacial score (nSPS) is 19.1. The molecule has 1 amide bonds. The summed E-state index contributed by atoms with van der Waals surface area (Å²) in [6, 6.07) is 16.3. The maximum absolute atomic E-state index is 11.3. The lowest BCUT2D eigenvalue weighted by atomic mass is 9.71. The third kappa shape index (κ3) is 5.10. The van der Waals surface area contributed by atoms with Crippen LogP contribution >= 0.6 is 0 Å². The molecule has 5 heteroatoms. The van der Waals surface area contributed by atoms with E-state index in [1.807, 2.05) is 12.1 Å². The van der Waals surface area contributed by atoms with Crippen LogP contribution in [0, 0.1) is 11.3 Å². The molecular formula is C27H33N3O2. The summed E-state index contributed by atoms with van der Waals surface area (Å²) in [6.07, 6.45) is 6.53. The first-order valence-electron chi connectivity index (χ1n) is 11.5. The number of nitrogens with one attached hydrogen (secondary N) is 1. The summed E-state index contributed by atoms with van der Waals surface area (Å²) in [7, 11) is 0. The molecule has 0 unspecified atom stereocenters. The van der Waals surface area contributed by atoms with Crippen LogP contribution in [0.5, 0.6) is 11.6 Å². The number of ether oxygens (including phenoxy) is 1. The van der Waals surface area contributed by atoms with Crippen LogP contribution in [0.2, 0.25) is 0 Å². The van der Waals surface area contributed by atoms with Crippen LogP contribution < -0.4 is 15.8 Å². The molecule has 0 aliphatic heterocycles. The maximum Gasteiger partial charge on any atom is 0.250 e. The molecule has 4 rings (SSSR count). The SMILES string of the molecule is CC(C)(C)[C@H]1CC[C@H](NCc2ccc(Oc3ccc(C(N)=O)cn3)c3ccccc23)CC1. The van der Waals surface area contributed by atoms with E-state index in [9.17, 15) is 4.79 Å². The Bertz CT molecular complexity index is 1080. The van der Waals surface area contributed by atoms with E-state index in [0.29, 0.717) is 22.9 Å². The van der Waals surface area contributed by atoms with Gasteiger partial charge in [-0.15, -0.1) is 0 Å². The largest absolute Gasteiger partial charge is 0.438 e. The van der Waals surface area contributed by atoms with Crippen molar-refractivity contribution in [1.29, 1.82) is 0 Å². The van der Waals surface area contributed by atoms with Crippen LogP contribution in [0.3, 0.4) is 0 Å². The minimum Gasteiger partial charge on any atom is -0.438 e. The zero-order valence-corrected chi connectivity index (χ0v) is 19.2. The summed E-state index contributed by atoms with van der Waals surface area (Å²) < 4.78 is 6.04. The van der Waals surface area contributed by atoms with Gasteiger partial charge in [-0.1, -0.05) is 51.1 Å². The number of rotatable bonds is 6. The standard InChI is InChI=1S/C27H33N3O2/c1-27(2,3)20-10-12-21(13-11-20)29-16-18-8-14-24(23-7-5-4-6-22(18)23)32-25-15-9-19(17-30-25)26(28)31/h4-9,14-15,17,20-21,29H,10-13,16H2,1-3H3,(H2,28,31)/t20-,21-. The van der Waals surface area contributed by atoms with E-state index in [4.69, 9.17) is 10.5 Å². The lowest BCUT2D eigenvalue weighted by molar-refractivity contribution is 0.1000. The fourth-order valence-corrected chi connectivity index (χ4v) is 4.69. The lowest BCUT2D eigenvalue weighted by Gasteiger charge is -2.37. The number of aromatic nitrogens is 1. The predicted octanol–water partition coefficient (Wildman–Crippen LogP) is 5.82. The zero-order chi connectivity index (χ0) is 22.7. The van der Waals surface area contributed by atoms with E-state index in [1.165, 1.54) is 42.8 Å². The fraction of sp³-hybridized carbons (Fsp3) is 0.407. The van der Waals surface area contributed by atoms with Crippen LogP contribution in [-0.4, -0.2) is 16.9 Å². The van der Waals surface area contributed by atoms with Gasteiger partial charge < -0.3 is 15.8 Å². The number of hydrogen-bond donors (Lipinski definition) is 2. The van der Waals surface area contributed by atoms with Gasteiger partial charge in [-0.2, -0.15) is 0 Å². The van der Waals surface area contributed by atoms with Crippen molar-refractivity contribution >= 4 is 16.7 Å². The second kappa shape index (κ2) is 9.29. The van der Waals surface area contributed by atoms with Crippen molar-refractivity contribution in [2.24, 2.45) is 17.1 Å². The molecule has 0 bridgehead atoms. The number of carbonyl (C=O) groups is 1. The molecule has 0 spiro atoms. The van der Waals surface area contributed by atoms with E-state index in [-0.39, 0.29) is 0 Å². The number of amides is 1. The van der Waals surface area contributed by atoms with Gasteiger partial charge in [-0.25, -0.2) is 4.98 Å². The molecule has 1 aliphatic rings. The number of fused-ring (bicyclic) bond motifs is 1. The molecule has 5 nitrogen and oxygen atoms in total. The van der Waals surface area contributed by atoms with Crippen molar-refractivity contribution in [3.05, 3.63) is 65.9 Å². The molecule has 1 fully saturated rings. The molecule has 1 saturated carbocycles. The molecule has 1 aliphatic carbocycles. The fourth-order valence-electron chi connectivity index (χ4n) is 4.69. The summed E-state index contributed by atoms with van der Waals surface area (Å²) in [5.74, 6) is 1.50. The summed E-state index contributed by atoms with van der Waals surface area (Å²) in [4.78, 5) is 15.5. The van der Waals surface area contributed by atoms with Gasteiger partial charge in [0.25, 0.3) is 0 Å². The number of primary amides is 1. The highest BCUT2D eigenvalue weighted by Crippen LogP contribution is 2.38. The van der Waals surface area contributed by atoms with Crippen LogP contribution in [0.4, 0.5) is 0 Å². The van der Waals surface area contributed by atoms with Gasteiger partial charge in [0.15, 0.2) is 0 Å². The van der Waals surface area contributed by atoms with Crippen LogP contribution in [-0.2, 0) is 6.54 Å². The smallest absolute Gasteiger partial charge is 0.250 e. The molecule has 0 radical (unpaired) electrons. The highest BCUT2D eigenvalue weighted by Gasteiger charge is 2.29. The first-order valence-corrected chi connectivity index (χ1v) is 11.5. The average molecular weight is 432 g/mol. The topological polar surface area (TPSA) is 77.2 Å². The second-order valence-corrected chi connectivity index (χ2v) is 9.92. The molecule has 0 atom stereocenters. The third-order valence-corrected chi connectivity index (χ3v) is 6.74. The van der Waals surface area contributed by atoms with E-state index in [0.717, 1.165) is 23.6 Å². The lowest BCUT2D eigenvalue weighted by Crippen LogP contribution is -2.35. The van der Waals surface area contributed by atoms with E-state index in [2.05, 4.69) is 55.3 Å². The van der Waals surface area contributed by atoms with E-state index >= 15 is 0 Å². The third-order valence-electron chi connectivity index (χ3n) is 6.74. The zero-order valence-electron chi connectivity index (χ0n) is 19.2. The monoisotopic (exact) mass is 431 g/mol. The van der Waals surface area contributed by atoms with Crippen molar-refractivity contribution in [2.75, 3.05) is 0 Å². The molecule has 3 aromatic rings. The van der Waals surface area contributed by atoms with Gasteiger partial charge in [0.2, 0.25) is 11.8 Å². The van der Waals surface area contributed by atoms with Crippen molar-refractivity contribution in [3.8, 4) is 11.6 Å². The molecule has 1 heterocycles. The Hall–Kier alpha value is -2.92. The van der Waals surface area contributed by atoms with Crippen LogP contribution in [0.15, 0.2) is 54.7 Å². The first-order chi connectivity index (χ1) is 15.3. The minimum absolute atomic E-state index is 0.361. The number of benzene rings is 2. The first kappa shape index (κ1) is 22.3. The minimum atomic E-state index is -0.502. The number of carbonyl (C=O) groups excluding carboxylic acids is 1. The van der Waals surface area contributed by atoms with Crippen molar-refractivity contribution in [3.63, 3.8) is 0 Å². The summed E-state index contributed by atoms with van der Waals surface area (Å²) >= 11 is 0.